The molecule has 1 heterocycles. The topological polar surface area (TPSA) is 50.8 Å². The molecule has 1 aliphatic heterocycles. The first kappa shape index (κ1) is 18.4. The Hall–Kier alpha value is -1.97. The molecule has 0 N–H and O–H groups in total. The molecule has 4 rings (SSSR count). The van der Waals surface area contributed by atoms with E-state index in [0.29, 0.717) is 33.7 Å². The molecular formula is C20H15Cl2O4P. The third kappa shape index (κ3) is 3.99. The molecule has 138 valence electrons. The number of benzene rings is 3. The second kappa shape index (κ2) is 7.21. The van der Waals surface area contributed by atoms with E-state index < -0.39 is 8.17 Å². The zero-order valence-electron chi connectivity index (χ0n) is 14.3. The van der Waals surface area contributed by atoms with Crippen LogP contribution < -0.4 is 18.5 Å². The van der Waals surface area contributed by atoms with E-state index >= 15 is 0 Å². The Bertz CT molecular complexity index is 956. The Balaban J connectivity index is 1.81. The highest BCUT2D eigenvalue weighted by atomic mass is 35.5. The average molecular weight is 421 g/mol. The van der Waals surface area contributed by atoms with Gasteiger partial charge in [0.25, 0.3) is 0 Å². The van der Waals surface area contributed by atoms with Crippen molar-refractivity contribution in [1.29, 1.82) is 0 Å². The van der Waals surface area contributed by atoms with Crippen LogP contribution in [0.3, 0.4) is 0 Å². The maximum Gasteiger partial charge on any atom is 0.517 e. The highest BCUT2D eigenvalue weighted by molar-refractivity contribution is 7.55. The summed E-state index contributed by atoms with van der Waals surface area (Å²) in [6.07, 6.45) is 0.468. The van der Waals surface area contributed by atoms with Crippen molar-refractivity contribution < 1.29 is 18.5 Å². The molecule has 0 unspecified atom stereocenters. The van der Waals surface area contributed by atoms with Crippen molar-refractivity contribution in [2.75, 3.05) is 0 Å². The maximum atomic E-state index is 13.5. The second-order valence-electron chi connectivity index (χ2n) is 6.17. The van der Waals surface area contributed by atoms with Gasteiger partial charge in [-0.05, 0) is 55.0 Å². The van der Waals surface area contributed by atoms with E-state index in [1.54, 1.807) is 48.5 Å². The van der Waals surface area contributed by atoms with Crippen LogP contribution >= 0.6 is 31.4 Å². The van der Waals surface area contributed by atoms with Crippen LogP contribution in [0.15, 0.2) is 60.7 Å². The van der Waals surface area contributed by atoms with E-state index in [2.05, 4.69) is 0 Å². The lowest BCUT2D eigenvalue weighted by molar-refractivity contribution is -0.222. The molecule has 0 saturated heterocycles. The smallest absolute Gasteiger partial charge is 0.517 e. The van der Waals surface area contributed by atoms with Gasteiger partial charge in [0, 0.05) is 27.6 Å². The van der Waals surface area contributed by atoms with Crippen LogP contribution in [-0.4, -0.2) is 0 Å². The summed E-state index contributed by atoms with van der Waals surface area (Å²) in [6.45, 7) is 1.85. The predicted molar refractivity (Wildman–Crippen MR) is 106 cm³/mol. The lowest BCUT2D eigenvalue weighted by Gasteiger charge is -2.29. The lowest BCUT2D eigenvalue weighted by atomic mass is 10.0. The number of aryl methyl sites for hydroxylation is 1. The normalized spacial score (nSPS) is 14.7. The van der Waals surface area contributed by atoms with Crippen molar-refractivity contribution in [1.82, 2.24) is 0 Å². The number of para-hydroxylation sites is 1. The van der Waals surface area contributed by atoms with Crippen molar-refractivity contribution in [2.45, 2.75) is 13.3 Å². The lowest BCUT2D eigenvalue weighted by Crippen LogP contribution is -2.28. The van der Waals surface area contributed by atoms with Crippen LogP contribution in [0, 0.1) is 6.92 Å². The number of hydrogen-bond acceptors (Lipinski definition) is 4. The SMILES string of the molecule is Cc1ccccc1O[P+]1([O-])Oc2ccc(Cl)cc2Cc2cc(Cl)ccc2O1. The monoisotopic (exact) mass is 420 g/mol. The summed E-state index contributed by atoms with van der Waals surface area (Å²) in [5, 5.41) is 1.11. The first-order valence-electron chi connectivity index (χ1n) is 8.23. The van der Waals surface area contributed by atoms with Crippen molar-refractivity contribution in [3.05, 3.63) is 87.4 Å². The molecule has 0 spiro atoms. The third-order valence-corrected chi connectivity index (χ3v) is 5.88. The second-order valence-corrected chi connectivity index (χ2v) is 8.48. The summed E-state index contributed by atoms with van der Waals surface area (Å²) in [5.41, 5.74) is 2.35. The molecule has 0 aliphatic carbocycles. The fourth-order valence-corrected chi connectivity index (χ4v) is 4.62. The summed E-state index contributed by atoms with van der Waals surface area (Å²) >= 11 is 12.3. The fraction of sp³-hybridized carbons (Fsp3) is 0.100. The Morgan fingerprint density at radius 3 is 2.00 bits per heavy atom. The predicted octanol–water partition coefficient (Wildman–Crippen LogP) is 5.78. The van der Waals surface area contributed by atoms with Gasteiger partial charge in [0.05, 0.1) is 0 Å². The molecule has 0 bridgehead atoms. The number of phosphoric ester groups is 1. The quantitative estimate of drug-likeness (QED) is 0.493. The van der Waals surface area contributed by atoms with E-state index in [1.165, 1.54) is 0 Å². The summed E-state index contributed by atoms with van der Waals surface area (Å²) in [5.74, 6) is 1.20. The molecule has 0 fully saturated rings. The van der Waals surface area contributed by atoms with E-state index in [1.807, 2.05) is 19.1 Å². The maximum absolute atomic E-state index is 13.5. The molecule has 1 aliphatic rings. The van der Waals surface area contributed by atoms with E-state index in [9.17, 15) is 4.89 Å². The standard InChI is InChI=1S/C20H15Cl2O4P/c1-13-4-2-3-5-18(13)24-27(23)25-19-8-6-16(21)11-14(19)10-15-12-17(22)7-9-20(15)26-27/h2-9,11-12H,10H2,1H3. The summed E-state index contributed by atoms with van der Waals surface area (Å²) in [6, 6.07) is 17.4. The molecule has 27 heavy (non-hydrogen) atoms. The number of rotatable bonds is 2. The molecule has 3 aromatic carbocycles. The Morgan fingerprint density at radius 1 is 0.889 bits per heavy atom. The van der Waals surface area contributed by atoms with Gasteiger partial charge in [0.1, 0.15) is 0 Å². The minimum Gasteiger partial charge on any atom is -0.583 e. The van der Waals surface area contributed by atoms with Crippen molar-refractivity contribution in [2.24, 2.45) is 0 Å². The van der Waals surface area contributed by atoms with Crippen LogP contribution in [0.1, 0.15) is 16.7 Å². The van der Waals surface area contributed by atoms with Gasteiger partial charge in [0.15, 0.2) is 17.2 Å². The average Bonchev–Trinajstić information content (AvgIpc) is 2.61. The van der Waals surface area contributed by atoms with E-state index in [-0.39, 0.29) is 0 Å². The molecule has 7 heteroatoms. The zero-order valence-corrected chi connectivity index (χ0v) is 16.7. The van der Waals surface area contributed by atoms with Crippen LogP contribution in [-0.2, 0) is 6.42 Å². The van der Waals surface area contributed by atoms with Crippen molar-refractivity contribution in [3.8, 4) is 17.2 Å². The Labute approximate surface area is 167 Å². The largest absolute Gasteiger partial charge is 0.583 e. The molecular weight excluding hydrogens is 406 g/mol. The molecule has 0 amide bonds. The van der Waals surface area contributed by atoms with Gasteiger partial charge >= 0.3 is 8.17 Å². The Kier molecular flexibility index (Phi) is 4.92. The molecule has 0 aromatic heterocycles. The van der Waals surface area contributed by atoms with E-state index in [4.69, 9.17) is 36.8 Å². The Morgan fingerprint density at radius 2 is 1.44 bits per heavy atom. The zero-order chi connectivity index (χ0) is 19.0. The van der Waals surface area contributed by atoms with Crippen LogP contribution in [0.4, 0.5) is 0 Å². The molecule has 0 atom stereocenters. The van der Waals surface area contributed by atoms with Crippen LogP contribution in [0.25, 0.3) is 0 Å². The van der Waals surface area contributed by atoms with Gasteiger partial charge in [-0.15, -0.1) is 0 Å². The van der Waals surface area contributed by atoms with Gasteiger partial charge in [0.2, 0.25) is 0 Å². The summed E-state index contributed by atoms with van der Waals surface area (Å²) in [7, 11) is -4.01. The van der Waals surface area contributed by atoms with Crippen molar-refractivity contribution in [3.63, 3.8) is 0 Å². The molecule has 0 saturated carbocycles. The highest BCUT2D eigenvalue weighted by Gasteiger charge is 2.41. The number of fused-ring (bicyclic) bond motifs is 2. The van der Waals surface area contributed by atoms with Crippen LogP contribution in [0.5, 0.6) is 17.2 Å². The van der Waals surface area contributed by atoms with Gasteiger partial charge in [-0.3, -0.25) is 13.6 Å². The summed E-state index contributed by atoms with van der Waals surface area (Å²) < 4.78 is 17.2. The van der Waals surface area contributed by atoms with Gasteiger partial charge in [-0.2, -0.15) is 0 Å². The molecule has 4 nitrogen and oxygen atoms in total. The first-order valence-corrected chi connectivity index (χ1v) is 10.4. The van der Waals surface area contributed by atoms with Gasteiger partial charge in [-0.1, -0.05) is 41.4 Å². The minimum atomic E-state index is -4.01. The number of halogens is 2. The highest BCUT2D eigenvalue weighted by Crippen LogP contribution is 2.56. The minimum absolute atomic E-state index is 0.391. The third-order valence-electron chi connectivity index (χ3n) is 4.15. The van der Waals surface area contributed by atoms with Crippen molar-refractivity contribution >= 4 is 31.4 Å². The fourth-order valence-electron chi connectivity index (χ4n) is 2.83. The summed E-state index contributed by atoms with van der Waals surface area (Å²) in [4.78, 5) is 13.5. The molecule has 3 aromatic rings. The van der Waals surface area contributed by atoms with E-state index in [0.717, 1.165) is 16.7 Å². The first-order chi connectivity index (χ1) is 12.9. The van der Waals surface area contributed by atoms with Gasteiger partial charge < -0.3 is 4.89 Å². The van der Waals surface area contributed by atoms with Crippen LogP contribution in [0.2, 0.25) is 10.0 Å². The van der Waals surface area contributed by atoms with Gasteiger partial charge in [-0.25, -0.2) is 0 Å². The molecule has 0 radical (unpaired) electrons. The number of hydrogen-bond donors (Lipinski definition) is 0. The number of phosphoric acid groups is 1.